The maximum Gasteiger partial charge on any atom is 0.338 e. The van der Waals surface area contributed by atoms with Gasteiger partial charge in [0.15, 0.2) is 0 Å². The van der Waals surface area contributed by atoms with Crippen molar-refractivity contribution in [2.45, 2.75) is 114 Å². The van der Waals surface area contributed by atoms with Crippen LogP contribution in [0.1, 0.15) is 113 Å². The number of rotatable bonds is 16. The van der Waals surface area contributed by atoms with Gasteiger partial charge >= 0.3 is 11.9 Å². The number of aromatic hydroxyl groups is 2. The molecule has 0 spiro atoms. The zero-order valence-electron chi connectivity index (χ0n) is 23.4. The van der Waals surface area contributed by atoms with Crippen molar-refractivity contribution in [2.75, 3.05) is 0 Å². The number of ether oxygens (including phenoxy) is 2. The summed E-state index contributed by atoms with van der Waals surface area (Å²) < 4.78 is 37.8. The average molecular weight is 563 g/mol. The third-order valence-electron chi connectivity index (χ3n) is 6.51. The van der Waals surface area contributed by atoms with E-state index in [0.29, 0.717) is 12.8 Å². The van der Waals surface area contributed by atoms with Gasteiger partial charge in [0, 0.05) is 0 Å². The Bertz CT molecular complexity index is 1120. The first-order valence-corrected chi connectivity index (χ1v) is 15.3. The van der Waals surface area contributed by atoms with Gasteiger partial charge in [0.1, 0.15) is 21.3 Å². The van der Waals surface area contributed by atoms with Crippen LogP contribution in [0.5, 0.6) is 11.5 Å². The second-order valence-electron chi connectivity index (χ2n) is 10.00. The van der Waals surface area contributed by atoms with Crippen LogP contribution in [0.2, 0.25) is 0 Å². The minimum atomic E-state index is -4.53. The van der Waals surface area contributed by atoms with Crippen molar-refractivity contribution in [3.05, 3.63) is 47.5 Å². The monoisotopic (exact) mass is 562 g/mol. The molecule has 0 aliphatic carbocycles. The molecule has 0 saturated heterocycles. The maximum atomic E-state index is 13.5. The lowest BCUT2D eigenvalue weighted by Crippen LogP contribution is -2.16. The number of esters is 2. The molecule has 0 radical (unpaired) electrons. The molecule has 8 nitrogen and oxygen atoms in total. The summed E-state index contributed by atoms with van der Waals surface area (Å²) in [7, 11) is -4.53. The molecule has 0 amide bonds. The van der Waals surface area contributed by atoms with Crippen LogP contribution < -0.4 is 0 Å². The van der Waals surface area contributed by atoms with E-state index in [2.05, 4.69) is 13.8 Å². The molecule has 2 N–H and O–H groups in total. The van der Waals surface area contributed by atoms with Gasteiger partial charge in [-0.2, -0.15) is 0 Å². The van der Waals surface area contributed by atoms with E-state index in [9.17, 15) is 28.2 Å². The van der Waals surface area contributed by atoms with Gasteiger partial charge in [0.25, 0.3) is 0 Å². The zero-order valence-corrected chi connectivity index (χ0v) is 24.3. The molecule has 0 bridgehead atoms. The van der Waals surface area contributed by atoms with Crippen molar-refractivity contribution in [1.82, 2.24) is 0 Å². The fourth-order valence-electron chi connectivity index (χ4n) is 4.17. The molecule has 0 fully saturated rings. The SMILES string of the molecule is CCCCCCC(C)OC(=O)c1ccc(O)c(S(=O)(=O)c2cc(C(=O)OC(C)CCCCCC)ccc2O)c1. The van der Waals surface area contributed by atoms with Crippen LogP contribution in [-0.4, -0.2) is 42.8 Å². The van der Waals surface area contributed by atoms with Crippen LogP contribution in [0.3, 0.4) is 0 Å². The summed E-state index contributed by atoms with van der Waals surface area (Å²) in [4.78, 5) is 24.2. The minimum Gasteiger partial charge on any atom is -0.507 e. The molecule has 2 aromatic rings. The summed E-state index contributed by atoms with van der Waals surface area (Å²) in [5, 5.41) is 20.7. The van der Waals surface area contributed by atoms with Crippen molar-refractivity contribution in [3.8, 4) is 11.5 Å². The van der Waals surface area contributed by atoms with E-state index >= 15 is 0 Å². The van der Waals surface area contributed by atoms with Crippen LogP contribution in [0.25, 0.3) is 0 Å². The number of hydrogen-bond donors (Lipinski definition) is 2. The molecule has 0 saturated carbocycles. The largest absolute Gasteiger partial charge is 0.507 e. The highest BCUT2D eigenvalue weighted by Gasteiger charge is 2.28. The predicted octanol–water partition coefficient (Wildman–Crippen LogP) is 6.96. The molecule has 0 heterocycles. The summed E-state index contributed by atoms with van der Waals surface area (Å²) in [5.74, 6) is -2.65. The molecule has 2 atom stereocenters. The normalized spacial score (nSPS) is 13.0. The van der Waals surface area contributed by atoms with E-state index in [1.54, 1.807) is 13.8 Å². The Morgan fingerprint density at radius 1 is 0.692 bits per heavy atom. The number of hydrogen-bond acceptors (Lipinski definition) is 8. The Morgan fingerprint density at radius 2 is 1.08 bits per heavy atom. The summed E-state index contributed by atoms with van der Waals surface area (Å²) in [6, 6.07) is 6.75. The molecular weight excluding hydrogens is 520 g/mol. The van der Waals surface area contributed by atoms with Crippen molar-refractivity contribution in [3.63, 3.8) is 0 Å². The molecule has 0 aliphatic heterocycles. The van der Waals surface area contributed by atoms with Crippen LogP contribution >= 0.6 is 0 Å². The van der Waals surface area contributed by atoms with E-state index in [4.69, 9.17) is 9.47 Å². The van der Waals surface area contributed by atoms with Crippen molar-refractivity contribution in [2.24, 2.45) is 0 Å². The topological polar surface area (TPSA) is 127 Å². The summed E-state index contributed by atoms with van der Waals surface area (Å²) in [5.41, 5.74) is -0.113. The van der Waals surface area contributed by atoms with Gasteiger partial charge in [-0.05, 0) is 75.9 Å². The predicted molar refractivity (Wildman–Crippen MR) is 149 cm³/mol. The Hall–Kier alpha value is -3.07. The lowest BCUT2D eigenvalue weighted by Gasteiger charge is -2.15. The van der Waals surface area contributed by atoms with Crippen LogP contribution in [0, 0.1) is 0 Å². The third kappa shape index (κ3) is 9.56. The van der Waals surface area contributed by atoms with E-state index in [1.165, 1.54) is 12.1 Å². The van der Waals surface area contributed by atoms with Gasteiger partial charge in [-0.25, -0.2) is 18.0 Å². The van der Waals surface area contributed by atoms with Crippen LogP contribution in [-0.2, 0) is 19.3 Å². The van der Waals surface area contributed by atoms with Gasteiger partial charge in [-0.15, -0.1) is 0 Å². The van der Waals surface area contributed by atoms with E-state index < -0.39 is 43.1 Å². The van der Waals surface area contributed by atoms with Crippen LogP contribution in [0.4, 0.5) is 0 Å². The molecule has 9 heteroatoms. The molecule has 2 rings (SSSR count). The number of sulfone groups is 1. The smallest absolute Gasteiger partial charge is 0.338 e. The third-order valence-corrected chi connectivity index (χ3v) is 8.33. The average Bonchev–Trinajstić information content (AvgIpc) is 2.89. The highest BCUT2D eigenvalue weighted by Crippen LogP contribution is 2.35. The Morgan fingerprint density at radius 3 is 1.44 bits per heavy atom. The van der Waals surface area contributed by atoms with E-state index in [-0.39, 0.29) is 23.3 Å². The molecule has 0 aliphatic rings. The second kappa shape index (κ2) is 15.5. The summed E-state index contributed by atoms with van der Waals surface area (Å²) >= 11 is 0. The first-order valence-electron chi connectivity index (χ1n) is 13.8. The minimum absolute atomic E-state index is 0.0567. The molecule has 39 heavy (non-hydrogen) atoms. The van der Waals surface area contributed by atoms with Gasteiger partial charge in [0.2, 0.25) is 9.84 Å². The standard InChI is InChI=1S/C30H42O8S/c1-5-7-9-11-13-21(3)37-29(33)23-15-17-25(31)27(19-23)39(35,36)28-20-24(16-18-26(28)32)30(34)38-22(4)14-12-10-8-6-2/h15-22,31-32H,5-14H2,1-4H3. The van der Waals surface area contributed by atoms with Crippen LogP contribution in [0.15, 0.2) is 46.2 Å². The molecular formula is C30H42O8S. The number of unbranched alkanes of at least 4 members (excludes halogenated alkanes) is 6. The fourth-order valence-corrected chi connectivity index (χ4v) is 5.66. The zero-order chi connectivity index (χ0) is 29.0. The highest BCUT2D eigenvalue weighted by atomic mass is 32.2. The van der Waals surface area contributed by atoms with Gasteiger partial charge in [-0.1, -0.05) is 52.4 Å². The Kier molecular flexibility index (Phi) is 12.8. The van der Waals surface area contributed by atoms with Gasteiger partial charge in [0.05, 0.1) is 23.3 Å². The van der Waals surface area contributed by atoms with E-state index in [0.717, 1.165) is 75.6 Å². The van der Waals surface area contributed by atoms with Crippen molar-refractivity contribution < 1.29 is 37.7 Å². The number of carbonyl (C=O) groups excluding carboxylic acids is 2. The van der Waals surface area contributed by atoms with Gasteiger partial charge < -0.3 is 19.7 Å². The fraction of sp³-hybridized carbons (Fsp3) is 0.533. The maximum absolute atomic E-state index is 13.5. The summed E-state index contributed by atoms with van der Waals surface area (Å²) in [6.45, 7) is 7.77. The Labute approximate surface area is 232 Å². The molecule has 2 unspecified atom stereocenters. The number of benzene rings is 2. The lowest BCUT2D eigenvalue weighted by atomic mass is 10.1. The number of carbonyl (C=O) groups is 2. The molecule has 2 aromatic carbocycles. The lowest BCUT2D eigenvalue weighted by molar-refractivity contribution is 0.0309. The Balaban J connectivity index is 2.22. The molecule has 0 aromatic heterocycles. The van der Waals surface area contributed by atoms with Crippen molar-refractivity contribution in [1.29, 1.82) is 0 Å². The first kappa shape index (κ1) is 32.1. The quantitative estimate of drug-likeness (QED) is 0.166. The van der Waals surface area contributed by atoms with E-state index in [1.807, 2.05) is 0 Å². The highest BCUT2D eigenvalue weighted by molar-refractivity contribution is 7.91. The second-order valence-corrected chi connectivity index (χ2v) is 11.9. The number of phenolic OH excluding ortho intramolecular Hbond substituents is 2. The molecule has 216 valence electrons. The number of phenols is 2. The first-order chi connectivity index (χ1) is 18.5. The summed E-state index contributed by atoms with van der Waals surface area (Å²) in [6.07, 6.45) is 8.93. The van der Waals surface area contributed by atoms with Gasteiger partial charge in [-0.3, -0.25) is 0 Å². The van der Waals surface area contributed by atoms with Crippen molar-refractivity contribution >= 4 is 21.8 Å².